The molecule has 1 N–H and O–H groups in total. The zero-order valence-electron chi connectivity index (χ0n) is 16.2. The molecule has 1 aliphatic heterocycles. The second kappa shape index (κ2) is 9.43. The van der Waals surface area contributed by atoms with Gasteiger partial charge in [-0.15, -0.1) is 0 Å². The molecule has 1 aromatic carbocycles. The van der Waals surface area contributed by atoms with Gasteiger partial charge in [-0.1, -0.05) is 12.1 Å². The second-order valence-corrected chi connectivity index (χ2v) is 6.85. The Morgan fingerprint density at radius 3 is 2.39 bits per heavy atom. The van der Waals surface area contributed by atoms with Crippen molar-refractivity contribution in [3.05, 3.63) is 47.2 Å². The van der Waals surface area contributed by atoms with Gasteiger partial charge in [0, 0.05) is 39.1 Å². The van der Waals surface area contributed by atoms with Crippen LogP contribution in [0.1, 0.15) is 36.8 Å². The number of nitrogens with zero attached hydrogens (tertiary/aromatic N) is 1. The lowest BCUT2D eigenvalue weighted by atomic mass is 9.80. The van der Waals surface area contributed by atoms with Gasteiger partial charge in [0.25, 0.3) is 5.91 Å². The van der Waals surface area contributed by atoms with Crippen LogP contribution in [0, 0.1) is 5.92 Å². The third-order valence-electron chi connectivity index (χ3n) is 4.65. The van der Waals surface area contributed by atoms with Crippen molar-refractivity contribution in [3.63, 3.8) is 0 Å². The highest BCUT2D eigenvalue weighted by molar-refractivity contribution is 5.91. The minimum absolute atomic E-state index is 0.0255. The summed E-state index contributed by atoms with van der Waals surface area (Å²) >= 11 is 0. The molecule has 0 saturated heterocycles. The highest BCUT2D eigenvalue weighted by atomic mass is 19.4. The maximum absolute atomic E-state index is 12.9. The number of ether oxygens (including phenoxy) is 2. The van der Waals surface area contributed by atoms with Crippen LogP contribution >= 0.6 is 0 Å². The van der Waals surface area contributed by atoms with Crippen molar-refractivity contribution in [2.24, 2.45) is 5.92 Å². The van der Waals surface area contributed by atoms with Crippen molar-refractivity contribution in [2.45, 2.75) is 38.1 Å². The SMILES string of the molecule is CCO[C@@H]1OC(C(=O)N(C)C)=C[C@H](c2ccc(C(F)(F)F)cc2)[C@H]1CCCO. The molecule has 0 bridgehead atoms. The van der Waals surface area contributed by atoms with E-state index in [0.717, 1.165) is 12.1 Å². The number of benzene rings is 1. The summed E-state index contributed by atoms with van der Waals surface area (Å²) in [6, 6.07) is 4.90. The summed E-state index contributed by atoms with van der Waals surface area (Å²) in [5.74, 6) is -0.864. The lowest BCUT2D eigenvalue weighted by molar-refractivity contribution is -0.169. The number of likely N-dealkylation sites (N-methyl/N-ethyl adjacent to an activating group) is 1. The molecule has 1 heterocycles. The summed E-state index contributed by atoms with van der Waals surface area (Å²) in [4.78, 5) is 13.8. The number of amides is 1. The van der Waals surface area contributed by atoms with E-state index < -0.39 is 18.0 Å². The maximum Gasteiger partial charge on any atom is 0.416 e. The fraction of sp³-hybridized carbons (Fsp3) is 0.550. The molecule has 0 radical (unpaired) electrons. The van der Waals surface area contributed by atoms with Gasteiger partial charge in [-0.05, 0) is 43.5 Å². The van der Waals surface area contributed by atoms with E-state index in [9.17, 15) is 23.1 Å². The third-order valence-corrected chi connectivity index (χ3v) is 4.65. The molecule has 8 heteroatoms. The topological polar surface area (TPSA) is 59.0 Å². The molecule has 156 valence electrons. The van der Waals surface area contributed by atoms with Crippen LogP contribution < -0.4 is 0 Å². The van der Waals surface area contributed by atoms with Crippen LogP contribution in [0.25, 0.3) is 0 Å². The lowest BCUT2D eigenvalue weighted by Crippen LogP contribution is -2.38. The van der Waals surface area contributed by atoms with E-state index in [0.29, 0.717) is 25.0 Å². The van der Waals surface area contributed by atoms with Gasteiger partial charge >= 0.3 is 6.18 Å². The first-order valence-electron chi connectivity index (χ1n) is 9.18. The molecule has 0 aromatic heterocycles. The van der Waals surface area contributed by atoms with Crippen LogP contribution in [0.3, 0.4) is 0 Å². The van der Waals surface area contributed by atoms with E-state index >= 15 is 0 Å². The molecule has 0 aliphatic carbocycles. The maximum atomic E-state index is 12.9. The van der Waals surface area contributed by atoms with Crippen LogP contribution in [0.5, 0.6) is 0 Å². The predicted molar refractivity (Wildman–Crippen MR) is 97.3 cm³/mol. The molecular weight excluding hydrogens is 375 g/mol. The van der Waals surface area contributed by atoms with Crippen molar-refractivity contribution in [3.8, 4) is 0 Å². The standard InChI is InChI=1S/C20H26F3NO4/c1-4-27-19-15(6-5-11-25)16(12-17(28-19)18(26)24(2)3)13-7-9-14(10-8-13)20(21,22)23/h7-10,12,15-16,19,25H,4-6,11H2,1-3H3/t15-,16-,19-/m1/s1. The number of halogens is 3. The normalized spacial score (nSPS) is 22.4. The van der Waals surface area contributed by atoms with E-state index in [-0.39, 0.29) is 30.1 Å². The summed E-state index contributed by atoms with van der Waals surface area (Å²) in [5, 5.41) is 9.23. The zero-order chi connectivity index (χ0) is 20.9. The Balaban J connectivity index is 2.45. The fourth-order valence-corrected chi connectivity index (χ4v) is 3.25. The third kappa shape index (κ3) is 5.26. The molecule has 2 rings (SSSR count). The largest absolute Gasteiger partial charge is 0.459 e. The second-order valence-electron chi connectivity index (χ2n) is 6.85. The first kappa shape index (κ1) is 22.2. The summed E-state index contributed by atoms with van der Waals surface area (Å²) in [7, 11) is 3.18. The van der Waals surface area contributed by atoms with Crippen LogP contribution in [-0.2, 0) is 20.4 Å². The highest BCUT2D eigenvalue weighted by Crippen LogP contribution is 2.40. The minimum Gasteiger partial charge on any atom is -0.459 e. The van der Waals surface area contributed by atoms with Crippen LogP contribution in [-0.4, -0.2) is 49.5 Å². The van der Waals surface area contributed by atoms with Gasteiger partial charge in [0.05, 0.1) is 5.56 Å². The summed E-state index contributed by atoms with van der Waals surface area (Å²) in [5.41, 5.74) is -0.0989. The first-order chi connectivity index (χ1) is 13.2. The van der Waals surface area contributed by atoms with Crippen molar-refractivity contribution in [1.82, 2.24) is 4.90 Å². The Morgan fingerprint density at radius 1 is 1.25 bits per heavy atom. The molecule has 0 saturated carbocycles. The number of carbonyl (C=O) groups excluding carboxylic acids is 1. The minimum atomic E-state index is -4.42. The Bertz CT molecular complexity index is 686. The summed E-state index contributed by atoms with van der Waals surface area (Å²) in [6.07, 6.45) is -2.48. The van der Waals surface area contributed by atoms with E-state index in [4.69, 9.17) is 9.47 Å². The number of rotatable bonds is 7. The monoisotopic (exact) mass is 401 g/mol. The van der Waals surface area contributed by atoms with Gasteiger partial charge in [-0.3, -0.25) is 4.79 Å². The number of aliphatic hydroxyl groups excluding tert-OH is 1. The van der Waals surface area contributed by atoms with Gasteiger partial charge in [0.1, 0.15) is 0 Å². The Kier molecular flexibility index (Phi) is 7.48. The van der Waals surface area contributed by atoms with Crippen LogP contribution in [0.2, 0.25) is 0 Å². The smallest absolute Gasteiger partial charge is 0.416 e. The van der Waals surface area contributed by atoms with E-state index in [1.54, 1.807) is 27.1 Å². The van der Waals surface area contributed by atoms with Gasteiger partial charge in [0.2, 0.25) is 6.29 Å². The number of carbonyl (C=O) groups is 1. The summed E-state index contributed by atoms with van der Waals surface area (Å²) < 4.78 is 50.1. The molecule has 0 fully saturated rings. The predicted octanol–water partition coefficient (Wildman–Crippen LogP) is 3.54. The molecule has 1 amide bonds. The molecule has 3 atom stereocenters. The fourth-order valence-electron chi connectivity index (χ4n) is 3.25. The Hall–Kier alpha value is -2.06. The van der Waals surface area contributed by atoms with Gasteiger partial charge in [0.15, 0.2) is 5.76 Å². The molecule has 28 heavy (non-hydrogen) atoms. The van der Waals surface area contributed by atoms with Crippen molar-refractivity contribution >= 4 is 5.91 Å². The van der Waals surface area contributed by atoms with E-state index in [1.807, 2.05) is 0 Å². The highest BCUT2D eigenvalue weighted by Gasteiger charge is 2.38. The van der Waals surface area contributed by atoms with E-state index in [1.165, 1.54) is 17.0 Å². The molecule has 1 aromatic rings. The molecule has 0 unspecified atom stereocenters. The van der Waals surface area contributed by atoms with Gasteiger partial charge in [-0.2, -0.15) is 13.2 Å². The molecule has 0 spiro atoms. The number of hydrogen-bond donors (Lipinski definition) is 1. The zero-order valence-corrected chi connectivity index (χ0v) is 16.2. The number of allylic oxidation sites excluding steroid dienone is 1. The van der Waals surface area contributed by atoms with Gasteiger partial charge in [-0.25, -0.2) is 0 Å². The van der Waals surface area contributed by atoms with Crippen molar-refractivity contribution in [1.29, 1.82) is 0 Å². The number of alkyl halides is 3. The quantitative estimate of drug-likeness (QED) is 0.759. The summed E-state index contributed by atoms with van der Waals surface area (Å²) in [6.45, 7) is 2.12. The first-order valence-corrected chi connectivity index (χ1v) is 9.18. The Morgan fingerprint density at radius 2 is 1.89 bits per heavy atom. The van der Waals surface area contributed by atoms with Crippen LogP contribution in [0.15, 0.2) is 36.1 Å². The lowest BCUT2D eigenvalue weighted by Gasteiger charge is -2.37. The number of hydrogen-bond acceptors (Lipinski definition) is 4. The van der Waals surface area contributed by atoms with Crippen LogP contribution in [0.4, 0.5) is 13.2 Å². The number of aliphatic hydroxyl groups is 1. The van der Waals surface area contributed by atoms with E-state index in [2.05, 4.69) is 0 Å². The van der Waals surface area contributed by atoms with Crippen molar-refractivity contribution in [2.75, 3.05) is 27.3 Å². The van der Waals surface area contributed by atoms with Crippen molar-refractivity contribution < 1.29 is 32.5 Å². The molecular formula is C20H26F3NO4. The molecule has 1 aliphatic rings. The van der Waals surface area contributed by atoms with Gasteiger partial charge < -0.3 is 19.5 Å². The average molecular weight is 401 g/mol. The molecule has 5 nitrogen and oxygen atoms in total. The average Bonchev–Trinajstić information content (AvgIpc) is 2.65. The Labute approximate surface area is 162 Å².